The van der Waals surface area contributed by atoms with Crippen LogP contribution in [0, 0.1) is 0 Å². The number of rotatable bonds is 2. The largest absolute Gasteiger partial charge is 0.334 e. The average Bonchev–Trinajstić information content (AvgIpc) is 2.93. The minimum atomic E-state index is 0.0104. The van der Waals surface area contributed by atoms with E-state index in [9.17, 15) is 4.79 Å². The fourth-order valence-corrected chi connectivity index (χ4v) is 2.97. The molecular weight excluding hydrogens is 252 g/mol. The molecular formula is C15H20N4O. The van der Waals surface area contributed by atoms with Crippen molar-refractivity contribution in [2.45, 2.75) is 38.3 Å². The predicted molar refractivity (Wildman–Crippen MR) is 77.5 cm³/mol. The maximum atomic E-state index is 12.7. The summed E-state index contributed by atoms with van der Waals surface area (Å²) >= 11 is 0. The van der Waals surface area contributed by atoms with E-state index in [1.165, 1.54) is 0 Å². The number of imidazole rings is 1. The molecule has 0 aliphatic carbocycles. The Bertz CT molecular complexity index is 619. The molecule has 1 amide bonds. The van der Waals surface area contributed by atoms with Gasteiger partial charge in [-0.25, -0.2) is 4.98 Å². The standard InChI is InChI=1S/C15H20N4O/c1-11(16)13-4-2-3-8-19(13)15(20)12-5-6-14-17-7-9-18(14)10-12/h5-7,9-11,13H,2-4,8,16H2,1H3/t11-,13+/m0/s1. The highest BCUT2D eigenvalue weighted by atomic mass is 16.2. The van der Waals surface area contributed by atoms with Crippen LogP contribution in [0.1, 0.15) is 36.5 Å². The average molecular weight is 272 g/mol. The summed E-state index contributed by atoms with van der Waals surface area (Å²) in [6.07, 6.45) is 8.63. The van der Waals surface area contributed by atoms with Gasteiger partial charge >= 0.3 is 0 Å². The quantitative estimate of drug-likeness (QED) is 0.904. The third-order valence-electron chi connectivity index (χ3n) is 4.05. The molecule has 106 valence electrons. The highest BCUT2D eigenvalue weighted by molar-refractivity contribution is 5.94. The first-order valence-electron chi connectivity index (χ1n) is 7.16. The maximum absolute atomic E-state index is 12.7. The summed E-state index contributed by atoms with van der Waals surface area (Å²) in [4.78, 5) is 18.8. The van der Waals surface area contributed by atoms with Crippen molar-refractivity contribution < 1.29 is 4.79 Å². The molecule has 20 heavy (non-hydrogen) atoms. The van der Waals surface area contributed by atoms with Crippen molar-refractivity contribution in [3.63, 3.8) is 0 Å². The molecule has 5 nitrogen and oxygen atoms in total. The number of fused-ring (bicyclic) bond motifs is 1. The highest BCUT2D eigenvalue weighted by Gasteiger charge is 2.29. The van der Waals surface area contributed by atoms with E-state index in [0.717, 1.165) is 31.5 Å². The van der Waals surface area contributed by atoms with Crippen LogP contribution in [-0.4, -0.2) is 38.8 Å². The van der Waals surface area contributed by atoms with Crippen LogP contribution in [0.3, 0.4) is 0 Å². The SMILES string of the molecule is C[C@H](N)[C@H]1CCCCN1C(=O)c1ccc2nccn2c1. The first-order valence-corrected chi connectivity index (χ1v) is 7.16. The van der Waals surface area contributed by atoms with Gasteiger partial charge in [-0.15, -0.1) is 0 Å². The number of carbonyl (C=O) groups excluding carboxylic acids is 1. The van der Waals surface area contributed by atoms with E-state index >= 15 is 0 Å². The lowest BCUT2D eigenvalue weighted by Crippen LogP contribution is -2.51. The van der Waals surface area contributed by atoms with E-state index in [4.69, 9.17) is 5.73 Å². The summed E-state index contributed by atoms with van der Waals surface area (Å²) in [5.41, 5.74) is 7.59. The van der Waals surface area contributed by atoms with Gasteiger partial charge in [-0.2, -0.15) is 0 Å². The number of pyridine rings is 1. The zero-order valence-electron chi connectivity index (χ0n) is 11.7. The molecule has 0 aromatic carbocycles. The van der Waals surface area contributed by atoms with Crippen molar-refractivity contribution >= 4 is 11.6 Å². The van der Waals surface area contributed by atoms with Crippen LogP contribution in [0.4, 0.5) is 0 Å². The number of piperidine rings is 1. The fraction of sp³-hybridized carbons (Fsp3) is 0.467. The molecule has 2 aromatic rings. The third-order valence-corrected chi connectivity index (χ3v) is 4.05. The van der Waals surface area contributed by atoms with E-state index in [-0.39, 0.29) is 18.0 Å². The number of carbonyl (C=O) groups is 1. The van der Waals surface area contributed by atoms with E-state index in [1.807, 2.05) is 40.8 Å². The molecule has 1 fully saturated rings. The zero-order chi connectivity index (χ0) is 14.1. The highest BCUT2D eigenvalue weighted by Crippen LogP contribution is 2.21. The Morgan fingerprint density at radius 1 is 1.45 bits per heavy atom. The molecule has 2 atom stereocenters. The van der Waals surface area contributed by atoms with Gasteiger partial charge in [0.15, 0.2) is 0 Å². The van der Waals surface area contributed by atoms with Gasteiger partial charge in [0.1, 0.15) is 5.65 Å². The Morgan fingerprint density at radius 2 is 2.30 bits per heavy atom. The predicted octanol–water partition coefficient (Wildman–Crippen LogP) is 1.68. The fourth-order valence-electron chi connectivity index (χ4n) is 2.97. The van der Waals surface area contributed by atoms with Gasteiger partial charge in [0.25, 0.3) is 5.91 Å². The van der Waals surface area contributed by atoms with E-state index in [0.29, 0.717) is 5.56 Å². The van der Waals surface area contributed by atoms with Crippen LogP contribution >= 0.6 is 0 Å². The van der Waals surface area contributed by atoms with Crippen LogP contribution in [0.15, 0.2) is 30.7 Å². The Labute approximate surface area is 118 Å². The smallest absolute Gasteiger partial charge is 0.255 e. The van der Waals surface area contributed by atoms with Gasteiger partial charge in [0.2, 0.25) is 0 Å². The Kier molecular flexibility index (Phi) is 3.44. The molecule has 2 aromatic heterocycles. The van der Waals surface area contributed by atoms with Crippen LogP contribution in [-0.2, 0) is 0 Å². The number of nitrogens with two attached hydrogens (primary N) is 1. The lowest BCUT2D eigenvalue weighted by molar-refractivity contribution is 0.0583. The molecule has 0 unspecified atom stereocenters. The summed E-state index contributed by atoms with van der Waals surface area (Å²) in [6, 6.07) is 3.88. The van der Waals surface area contributed by atoms with Crippen LogP contribution in [0.2, 0.25) is 0 Å². The number of likely N-dealkylation sites (tertiary alicyclic amines) is 1. The van der Waals surface area contributed by atoms with Crippen molar-refractivity contribution in [1.29, 1.82) is 0 Å². The normalized spacial score (nSPS) is 21.1. The lowest BCUT2D eigenvalue weighted by atomic mass is 9.96. The van der Waals surface area contributed by atoms with Gasteiger partial charge < -0.3 is 15.0 Å². The van der Waals surface area contributed by atoms with E-state index in [2.05, 4.69) is 4.98 Å². The van der Waals surface area contributed by atoms with E-state index in [1.54, 1.807) is 6.20 Å². The minimum absolute atomic E-state index is 0.0104. The second-order valence-corrected chi connectivity index (χ2v) is 5.53. The number of aromatic nitrogens is 2. The second-order valence-electron chi connectivity index (χ2n) is 5.53. The summed E-state index contributed by atoms with van der Waals surface area (Å²) in [5.74, 6) is 0.0719. The molecule has 0 bridgehead atoms. The molecule has 0 radical (unpaired) electrons. The van der Waals surface area contributed by atoms with Gasteiger partial charge in [-0.05, 0) is 38.3 Å². The van der Waals surface area contributed by atoms with Crippen LogP contribution in [0.25, 0.3) is 5.65 Å². The molecule has 1 aliphatic rings. The van der Waals surface area contributed by atoms with Gasteiger partial charge in [0, 0.05) is 37.2 Å². The molecule has 0 spiro atoms. The second kappa shape index (κ2) is 5.25. The van der Waals surface area contributed by atoms with E-state index < -0.39 is 0 Å². The topological polar surface area (TPSA) is 63.6 Å². The molecule has 1 saturated heterocycles. The Morgan fingerprint density at radius 3 is 3.10 bits per heavy atom. The molecule has 2 N–H and O–H groups in total. The van der Waals surface area contributed by atoms with Crippen molar-refractivity contribution in [3.8, 4) is 0 Å². The Hall–Kier alpha value is -1.88. The Balaban J connectivity index is 1.89. The number of nitrogens with zero attached hydrogens (tertiary/aromatic N) is 3. The molecule has 0 saturated carbocycles. The van der Waals surface area contributed by atoms with Crippen molar-refractivity contribution in [3.05, 3.63) is 36.3 Å². The monoisotopic (exact) mass is 272 g/mol. The summed E-state index contributed by atoms with van der Waals surface area (Å²) in [5, 5.41) is 0. The van der Waals surface area contributed by atoms with Gasteiger partial charge in [0.05, 0.1) is 5.56 Å². The minimum Gasteiger partial charge on any atom is -0.334 e. The van der Waals surface area contributed by atoms with Crippen molar-refractivity contribution in [1.82, 2.24) is 14.3 Å². The summed E-state index contributed by atoms with van der Waals surface area (Å²) in [7, 11) is 0. The first-order chi connectivity index (χ1) is 9.66. The van der Waals surface area contributed by atoms with Crippen LogP contribution in [0.5, 0.6) is 0 Å². The summed E-state index contributed by atoms with van der Waals surface area (Å²) in [6.45, 7) is 2.78. The third kappa shape index (κ3) is 2.29. The zero-order valence-corrected chi connectivity index (χ0v) is 11.7. The molecule has 5 heteroatoms. The maximum Gasteiger partial charge on any atom is 0.255 e. The number of hydrogen-bond donors (Lipinski definition) is 1. The van der Waals surface area contributed by atoms with Crippen molar-refractivity contribution in [2.24, 2.45) is 5.73 Å². The molecule has 3 heterocycles. The molecule has 3 rings (SSSR count). The lowest BCUT2D eigenvalue weighted by Gasteiger charge is -2.38. The van der Waals surface area contributed by atoms with Gasteiger partial charge in [-0.3, -0.25) is 4.79 Å². The van der Waals surface area contributed by atoms with Gasteiger partial charge in [-0.1, -0.05) is 0 Å². The number of hydrogen-bond acceptors (Lipinski definition) is 3. The first kappa shape index (κ1) is 13.1. The number of amides is 1. The van der Waals surface area contributed by atoms with Crippen molar-refractivity contribution in [2.75, 3.05) is 6.54 Å². The summed E-state index contributed by atoms with van der Waals surface area (Å²) < 4.78 is 1.87. The molecule has 1 aliphatic heterocycles. The van der Waals surface area contributed by atoms with Crippen LogP contribution < -0.4 is 5.73 Å².